The molecular formula is C68H52BCl3N6O2. The van der Waals surface area contributed by atoms with Crippen molar-refractivity contribution in [2.75, 3.05) is 0 Å². The maximum Gasteiger partial charge on any atom is 0.494 e. The van der Waals surface area contributed by atoms with Crippen LogP contribution in [0, 0.1) is 0 Å². The Kier molecular flexibility index (Phi) is 12.5. The number of aromatic nitrogens is 6. The van der Waals surface area contributed by atoms with E-state index in [1.54, 1.807) is 12.1 Å². The summed E-state index contributed by atoms with van der Waals surface area (Å²) in [6.07, 6.45) is 0. The third-order valence-corrected chi connectivity index (χ3v) is 14.2. The molecule has 12 aromatic rings. The maximum atomic E-state index is 8.30. The Labute approximate surface area is 495 Å². The summed E-state index contributed by atoms with van der Waals surface area (Å²) in [6.45, 7) is 8.16. The fourth-order valence-corrected chi connectivity index (χ4v) is 9.39. The molecule has 0 aliphatic carbocycles. The van der Waals surface area contributed by atoms with Crippen molar-refractivity contribution < 1.29 is 23.0 Å². The van der Waals surface area contributed by atoms with E-state index in [-0.39, 0.29) is 81.4 Å². The topological polar surface area (TPSA) is 95.8 Å². The smallest absolute Gasteiger partial charge is 0.399 e. The van der Waals surface area contributed by atoms with E-state index in [0.717, 1.165) is 66.0 Å². The van der Waals surface area contributed by atoms with Gasteiger partial charge in [0.25, 0.3) is 0 Å². The van der Waals surface area contributed by atoms with Crippen molar-refractivity contribution >= 4 is 68.9 Å². The van der Waals surface area contributed by atoms with Gasteiger partial charge in [0, 0.05) is 16.7 Å². The molecule has 390 valence electrons. The van der Waals surface area contributed by atoms with E-state index in [9.17, 15) is 0 Å². The summed E-state index contributed by atoms with van der Waals surface area (Å²) in [6, 6.07) is 55.4. The first kappa shape index (κ1) is 42.5. The molecule has 80 heavy (non-hydrogen) atoms. The average Bonchev–Trinajstić information content (AvgIpc) is 1.08. The van der Waals surface area contributed by atoms with Gasteiger partial charge in [0.2, 0.25) is 15.9 Å². The van der Waals surface area contributed by atoms with Crippen molar-refractivity contribution in [1.29, 1.82) is 0 Å². The van der Waals surface area contributed by atoms with Crippen molar-refractivity contribution in [2.45, 2.75) is 38.9 Å². The molecule has 8 nitrogen and oxygen atoms in total. The van der Waals surface area contributed by atoms with E-state index in [1.165, 1.54) is 0 Å². The lowest BCUT2D eigenvalue weighted by molar-refractivity contribution is 0.00578. The zero-order valence-corrected chi connectivity index (χ0v) is 45.8. The summed E-state index contributed by atoms with van der Waals surface area (Å²) in [5.74, 6) is 1.46. The lowest BCUT2D eigenvalue weighted by atomic mass is 9.78. The summed E-state index contributed by atoms with van der Waals surface area (Å²) < 4.78 is 93.2. The predicted molar refractivity (Wildman–Crippen MR) is 330 cm³/mol. The Morgan fingerprint density at radius 3 is 1.11 bits per heavy atom. The highest BCUT2D eigenvalue weighted by molar-refractivity contribution is 6.62. The third-order valence-electron chi connectivity index (χ3n) is 13.7. The highest BCUT2D eigenvalue weighted by Gasteiger charge is 2.51. The van der Waals surface area contributed by atoms with Gasteiger partial charge in [-0.05, 0) is 164 Å². The first-order valence-electron chi connectivity index (χ1n) is 30.3. The maximum absolute atomic E-state index is 8.30. The molecule has 1 aliphatic rings. The number of benzene rings is 10. The first-order valence-corrected chi connectivity index (χ1v) is 26.5. The molecule has 0 atom stereocenters. The van der Waals surface area contributed by atoms with E-state index in [0.29, 0.717) is 28.6 Å². The monoisotopic (exact) mass is 1110 g/mol. The lowest BCUT2D eigenvalue weighted by Gasteiger charge is -2.32. The van der Waals surface area contributed by atoms with Gasteiger partial charge in [-0.1, -0.05) is 212 Å². The number of hydrogen-bond acceptors (Lipinski definition) is 8. The fraction of sp³-hybridized carbons (Fsp3) is 0.0882. The van der Waals surface area contributed by atoms with E-state index < -0.39 is 24.4 Å². The van der Waals surface area contributed by atoms with Crippen LogP contribution in [0.1, 0.15) is 41.4 Å². The van der Waals surface area contributed by atoms with Crippen molar-refractivity contribution in [3.63, 3.8) is 0 Å². The molecule has 3 heterocycles. The van der Waals surface area contributed by atoms with Gasteiger partial charge >= 0.3 is 7.12 Å². The van der Waals surface area contributed by atoms with Crippen molar-refractivity contribution in [3.8, 4) is 78.7 Å². The van der Waals surface area contributed by atoms with Crippen LogP contribution in [0.5, 0.6) is 0 Å². The Morgan fingerprint density at radius 1 is 0.325 bits per heavy atom. The second kappa shape index (κ2) is 23.5. The standard InChI is InChI=1S/C31H20ClN3.C28H27BO2.C9H5Cl2N3/c32-31-34-29(22-10-5-2-6-11-22)33-30(35-31)28-13-7-12-23(20-28)25-16-17-26-18-24(14-15-27(26)19-25)21-8-3-1-4-9-21;1-27(2)28(3,4)31-29(30-27)26-12-8-11-21(19-26)23-15-16-24-17-22(13-14-25(24)18-23)20-9-6-5-7-10-20;10-8-12-7(13-9(11)14-8)6-4-2-1-3-5-6/h1-20H;5-19H,1-4H3;1-5H/i1D,3D,4D,8D,9D;5D,6D,7D,9D,10D;. The molecule has 0 unspecified atom stereocenters. The molecule has 0 amide bonds. The average molecular weight is 1110 g/mol. The number of halogens is 3. The molecule has 0 saturated carbocycles. The fourth-order valence-electron chi connectivity index (χ4n) is 8.87. The van der Waals surface area contributed by atoms with Gasteiger partial charge < -0.3 is 9.31 Å². The van der Waals surface area contributed by atoms with Gasteiger partial charge in [-0.3, -0.25) is 0 Å². The van der Waals surface area contributed by atoms with Crippen LogP contribution in [0.15, 0.2) is 242 Å². The minimum absolute atomic E-state index is 0.101. The van der Waals surface area contributed by atoms with Crippen LogP contribution in [0.25, 0.3) is 100 Å². The van der Waals surface area contributed by atoms with Gasteiger partial charge in [0.05, 0.1) is 24.9 Å². The Morgan fingerprint density at radius 2 is 0.662 bits per heavy atom. The van der Waals surface area contributed by atoms with Crippen molar-refractivity contribution in [3.05, 3.63) is 258 Å². The quantitative estimate of drug-likeness (QED) is 0.139. The second-order valence-corrected chi connectivity index (χ2v) is 20.5. The Hall–Kier alpha value is -8.41. The molecule has 1 saturated heterocycles. The molecule has 10 aromatic carbocycles. The normalized spacial score (nSPS) is 15.0. The van der Waals surface area contributed by atoms with Crippen molar-refractivity contribution in [2.24, 2.45) is 0 Å². The van der Waals surface area contributed by atoms with E-state index in [2.05, 4.69) is 54.2 Å². The summed E-state index contributed by atoms with van der Waals surface area (Å²) in [4.78, 5) is 24.9. The highest BCUT2D eigenvalue weighted by atomic mass is 35.5. The summed E-state index contributed by atoms with van der Waals surface area (Å²) in [7, 11) is -0.435. The van der Waals surface area contributed by atoms with Crippen LogP contribution in [-0.4, -0.2) is 48.2 Å². The first-order chi connectivity index (χ1) is 42.9. The second-order valence-electron chi connectivity index (χ2n) is 19.5. The number of fused-ring (bicyclic) bond motifs is 2. The summed E-state index contributed by atoms with van der Waals surface area (Å²) >= 11 is 17.6. The highest BCUT2D eigenvalue weighted by Crippen LogP contribution is 2.37. The molecule has 13 rings (SSSR count). The van der Waals surface area contributed by atoms with Crippen LogP contribution < -0.4 is 5.46 Å². The summed E-state index contributed by atoms with van der Waals surface area (Å²) in [5, 5.41) is 4.08. The zero-order chi connectivity index (χ0) is 63.9. The molecule has 1 aliphatic heterocycles. The largest absolute Gasteiger partial charge is 0.494 e. The third kappa shape index (κ3) is 12.4. The molecule has 0 spiro atoms. The SMILES string of the molecule is Clc1nc(Cl)nc(-c2ccccc2)n1.[2H]c1c([2H])c([2H])c(-c2ccc3cc(-c4cccc(-c5nc(Cl)nc(-c6ccccc6)n5)c4)ccc3c2)c([2H])c1[2H].[2H]c1c([2H])c([2H])c(-c2ccc3cc(-c4cccc(B5OC(C)(C)C(C)(C)O5)c4)ccc3c2)c([2H])c1[2H]. The van der Waals surface area contributed by atoms with Gasteiger partial charge in [0.1, 0.15) is 0 Å². The lowest BCUT2D eigenvalue weighted by Crippen LogP contribution is -2.41. The minimum Gasteiger partial charge on any atom is -0.399 e. The molecule has 1 fully saturated rings. The van der Waals surface area contributed by atoms with Gasteiger partial charge in [-0.2, -0.15) is 24.9 Å². The number of rotatable bonds is 8. The minimum atomic E-state index is -0.435. The Bertz CT molecular complexity index is 4670. The van der Waals surface area contributed by atoms with E-state index >= 15 is 0 Å². The molecule has 0 radical (unpaired) electrons. The van der Waals surface area contributed by atoms with Gasteiger partial charge in [0.15, 0.2) is 17.5 Å². The van der Waals surface area contributed by atoms with Crippen LogP contribution in [0.4, 0.5) is 0 Å². The molecule has 2 aromatic heterocycles. The number of hydrogen-bond donors (Lipinski definition) is 0. The molecular weight excluding hydrogens is 1050 g/mol. The van der Waals surface area contributed by atoms with Crippen LogP contribution in [0.3, 0.4) is 0 Å². The Balaban J connectivity index is 0.000000153. The summed E-state index contributed by atoms with van der Waals surface area (Å²) in [5.41, 5.74) is 8.24. The number of nitrogens with zero attached hydrogens (tertiary/aromatic N) is 6. The van der Waals surface area contributed by atoms with E-state index in [1.807, 2.05) is 173 Å². The molecule has 0 N–H and O–H groups in total. The van der Waals surface area contributed by atoms with Gasteiger partial charge in [-0.25, -0.2) is 4.98 Å². The van der Waals surface area contributed by atoms with Crippen LogP contribution >= 0.6 is 34.8 Å². The van der Waals surface area contributed by atoms with E-state index in [4.69, 9.17) is 57.8 Å². The zero-order valence-electron chi connectivity index (χ0n) is 53.5. The molecule has 12 heteroatoms. The molecule has 0 bridgehead atoms. The van der Waals surface area contributed by atoms with Crippen molar-refractivity contribution in [1.82, 2.24) is 29.9 Å². The van der Waals surface area contributed by atoms with Crippen LogP contribution in [-0.2, 0) is 9.31 Å². The van der Waals surface area contributed by atoms with Crippen LogP contribution in [0.2, 0.25) is 15.9 Å². The predicted octanol–water partition coefficient (Wildman–Crippen LogP) is 17.7. The van der Waals surface area contributed by atoms with Gasteiger partial charge in [-0.15, -0.1) is 0 Å².